The second-order valence-corrected chi connectivity index (χ2v) is 12.9. The van der Waals surface area contributed by atoms with Crippen LogP contribution in [0.3, 0.4) is 0 Å². The maximum absolute atomic E-state index is 12.9. The van der Waals surface area contributed by atoms with Gasteiger partial charge in [0.1, 0.15) is 5.69 Å². The molecule has 0 aromatic carbocycles. The predicted octanol–water partition coefficient (Wildman–Crippen LogP) is 2.29. The number of aromatic amines is 1. The van der Waals surface area contributed by atoms with Gasteiger partial charge in [0, 0.05) is 43.0 Å². The number of phosphoric acid groups is 1. The van der Waals surface area contributed by atoms with E-state index in [4.69, 9.17) is 18.3 Å². The lowest BCUT2D eigenvalue weighted by Crippen LogP contribution is -2.50. The number of nitrogens with zero attached hydrogens (tertiary/aromatic N) is 1. The van der Waals surface area contributed by atoms with Gasteiger partial charge in [-0.3, -0.25) is 28.5 Å². The van der Waals surface area contributed by atoms with E-state index >= 15 is 0 Å². The van der Waals surface area contributed by atoms with Crippen molar-refractivity contribution in [3.63, 3.8) is 0 Å². The molecule has 15 heteroatoms. The number of rotatable bonds is 11. The summed E-state index contributed by atoms with van der Waals surface area (Å²) in [5.41, 5.74) is -0.379. The summed E-state index contributed by atoms with van der Waals surface area (Å²) in [6.45, 7) is 10.1. The Kier molecular flexibility index (Phi) is 10.9. The number of hydrogen-bond acceptors (Lipinski definition) is 11. The van der Waals surface area contributed by atoms with E-state index in [-0.39, 0.29) is 41.7 Å². The Bertz CT molecular complexity index is 1040. The van der Waals surface area contributed by atoms with E-state index in [1.807, 2.05) is 20.8 Å². The van der Waals surface area contributed by atoms with Crippen LogP contribution in [0.5, 0.6) is 0 Å². The quantitative estimate of drug-likeness (QED) is 0.156. The Hall–Kier alpha value is -2.25. The molecule has 3 N–H and O–H groups in total. The molecule has 1 aliphatic heterocycles. The first kappa shape index (κ1) is 31.0. The van der Waals surface area contributed by atoms with E-state index in [1.54, 1.807) is 19.9 Å². The van der Waals surface area contributed by atoms with E-state index in [2.05, 4.69) is 20.8 Å². The third-order valence-electron chi connectivity index (χ3n) is 5.12. The molecule has 1 fully saturated rings. The molecule has 1 saturated heterocycles. The first-order chi connectivity index (χ1) is 17.1. The fraction of sp³-hybridized carbons (Fsp3) is 0.682. The monoisotopic (exact) mass is 562 g/mol. The molecule has 0 saturated carbocycles. The Morgan fingerprint density at radius 3 is 2.57 bits per heavy atom. The summed E-state index contributed by atoms with van der Waals surface area (Å²) < 4.78 is 33.6. The van der Waals surface area contributed by atoms with Crippen LogP contribution in [0, 0.1) is 5.41 Å². The van der Waals surface area contributed by atoms with Gasteiger partial charge in [0.05, 0.1) is 12.3 Å². The highest BCUT2D eigenvalue weighted by molar-refractivity contribution is 8.13. The SMILES string of the molecule is CC(=O)SCCNC(=O)CCNC(=O)[C@@H]1O[P@@](=O)(OCOC(=O)c2cc(C(C)(C)C)n[nH]2)OCC1(C)C. The number of nitrogens with one attached hydrogen (secondary N) is 3. The van der Waals surface area contributed by atoms with Crippen LogP contribution in [0.4, 0.5) is 0 Å². The molecule has 0 aliphatic carbocycles. The molecule has 0 radical (unpaired) electrons. The van der Waals surface area contributed by atoms with Gasteiger partial charge in [0.25, 0.3) is 0 Å². The van der Waals surface area contributed by atoms with Crippen molar-refractivity contribution in [3.05, 3.63) is 17.5 Å². The van der Waals surface area contributed by atoms with E-state index in [0.717, 1.165) is 11.8 Å². The van der Waals surface area contributed by atoms with Gasteiger partial charge in [-0.05, 0) is 6.07 Å². The molecule has 2 atom stereocenters. The minimum atomic E-state index is -4.22. The molecule has 2 amide bonds. The smallest absolute Gasteiger partial charge is 0.433 e. The number of aromatic nitrogens is 2. The summed E-state index contributed by atoms with van der Waals surface area (Å²) >= 11 is 1.11. The Balaban J connectivity index is 1.82. The van der Waals surface area contributed by atoms with Crippen molar-refractivity contribution in [3.8, 4) is 0 Å². The predicted molar refractivity (Wildman–Crippen MR) is 135 cm³/mol. The number of carbonyl (C=O) groups is 4. The minimum absolute atomic E-state index is 0.00870. The summed E-state index contributed by atoms with van der Waals surface area (Å²) in [4.78, 5) is 47.7. The van der Waals surface area contributed by atoms with Crippen LogP contribution in [-0.4, -0.2) is 71.4 Å². The topological polar surface area (TPSA) is 175 Å². The lowest BCUT2D eigenvalue weighted by molar-refractivity contribution is -0.143. The molecule has 1 aromatic rings. The van der Waals surface area contributed by atoms with Crippen LogP contribution in [-0.2, 0) is 42.7 Å². The minimum Gasteiger partial charge on any atom is -0.433 e. The van der Waals surface area contributed by atoms with E-state index in [9.17, 15) is 23.7 Å². The average Bonchev–Trinajstić information content (AvgIpc) is 3.30. The van der Waals surface area contributed by atoms with Crippen LogP contribution in [0.25, 0.3) is 0 Å². The maximum Gasteiger partial charge on any atom is 0.478 e. The van der Waals surface area contributed by atoms with Crippen molar-refractivity contribution in [2.75, 3.05) is 32.2 Å². The molecule has 1 aliphatic rings. The average molecular weight is 563 g/mol. The molecular weight excluding hydrogens is 527 g/mol. The van der Waals surface area contributed by atoms with Crippen molar-refractivity contribution in [1.82, 2.24) is 20.8 Å². The van der Waals surface area contributed by atoms with E-state index in [0.29, 0.717) is 18.0 Å². The second-order valence-electron chi connectivity index (χ2n) is 10.0. The number of thioether (sulfide) groups is 1. The number of hydrogen-bond donors (Lipinski definition) is 3. The van der Waals surface area contributed by atoms with Gasteiger partial charge in [-0.15, -0.1) is 0 Å². The molecule has 2 heterocycles. The van der Waals surface area contributed by atoms with Crippen molar-refractivity contribution >= 4 is 42.5 Å². The molecule has 2 rings (SSSR count). The van der Waals surface area contributed by atoms with Crippen LogP contribution >= 0.6 is 19.6 Å². The third-order valence-corrected chi connectivity index (χ3v) is 7.28. The first-order valence-electron chi connectivity index (χ1n) is 11.6. The van der Waals surface area contributed by atoms with Crippen LogP contribution in [0.1, 0.15) is 64.1 Å². The zero-order valence-electron chi connectivity index (χ0n) is 21.9. The van der Waals surface area contributed by atoms with Gasteiger partial charge >= 0.3 is 13.8 Å². The second kappa shape index (κ2) is 13.0. The number of ether oxygens (including phenoxy) is 1. The number of phosphoric ester groups is 1. The fourth-order valence-electron chi connectivity index (χ4n) is 2.99. The molecule has 0 bridgehead atoms. The summed E-state index contributed by atoms with van der Waals surface area (Å²) in [5, 5.41) is 11.8. The van der Waals surface area contributed by atoms with Crippen molar-refractivity contribution < 1.29 is 42.1 Å². The van der Waals surface area contributed by atoms with Gasteiger partial charge < -0.3 is 15.4 Å². The van der Waals surface area contributed by atoms with Gasteiger partial charge in [0.15, 0.2) is 11.2 Å². The summed E-state index contributed by atoms with van der Waals surface area (Å²) in [6, 6.07) is 1.55. The van der Waals surface area contributed by atoms with Crippen LogP contribution in [0.2, 0.25) is 0 Å². The zero-order chi connectivity index (χ0) is 27.9. The normalized spacial score (nSPS) is 21.2. The molecular formula is C22H35N4O9PS. The standard InChI is InChI=1S/C22H35N4O9PS/c1-14(27)37-10-9-23-17(28)7-8-24-19(29)18-22(5,6)12-33-36(31,35-18)34-13-32-20(30)15-11-16(26-25-15)21(2,3)4/h11,18H,7-10,12-13H2,1-6H3,(H,23,28)(H,24,29)(H,25,26)/t18-,36+/m0/s1. The lowest BCUT2D eigenvalue weighted by Gasteiger charge is -2.39. The molecule has 0 unspecified atom stereocenters. The summed E-state index contributed by atoms with van der Waals surface area (Å²) in [6.07, 6.45) is -1.20. The van der Waals surface area contributed by atoms with E-state index in [1.165, 1.54) is 6.92 Å². The largest absolute Gasteiger partial charge is 0.478 e. The van der Waals surface area contributed by atoms with E-state index < -0.39 is 38.0 Å². The highest BCUT2D eigenvalue weighted by Gasteiger charge is 2.49. The highest BCUT2D eigenvalue weighted by Crippen LogP contribution is 2.57. The molecule has 208 valence electrons. The Morgan fingerprint density at radius 1 is 1.24 bits per heavy atom. The summed E-state index contributed by atoms with van der Waals surface area (Å²) in [5.74, 6) is -1.21. The van der Waals surface area contributed by atoms with Crippen LogP contribution in [0.15, 0.2) is 6.07 Å². The number of esters is 1. The molecule has 0 spiro atoms. The van der Waals surface area contributed by atoms with Crippen molar-refractivity contribution in [2.24, 2.45) is 5.41 Å². The highest BCUT2D eigenvalue weighted by atomic mass is 32.2. The third kappa shape index (κ3) is 9.86. The lowest BCUT2D eigenvalue weighted by atomic mass is 9.87. The fourth-order valence-corrected chi connectivity index (χ4v) is 4.99. The number of carbonyl (C=O) groups excluding carboxylic acids is 4. The number of H-pyrrole nitrogens is 1. The Morgan fingerprint density at radius 2 is 1.95 bits per heavy atom. The van der Waals surface area contributed by atoms with Gasteiger partial charge in [-0.1, -0.05) is 46.4 Å². The molecule has 37 heavy (non-hydrogen) atoms. The zero-order valence-corrected chi connectivity index (χ0v) is 23.6. The van der Waals surface area contributed by atoms with Crippen molar-refractivity contribution in [2.45, 2.75) is 59.5 Å². The van der Waals surface area contributed by atoms with Crippen molar-refractivity contribution in [1.29, 1.82) is 0 Å². The van der Waals surface area contributed by atoms with Gasteiger partial charge in [-0.25, -0.2) is 13.9 Å². The molecule has 1 aromatic heterocycles. The molecule has 13 nitrogen and oxygen atoms in total. The van der Waals surface area contributed by atoms with Gasteiger partial charge in [-0.2, -0.15) is 5.10 Å². The van der Waals surface area contributed by atoms with Gasteiger partial charge in [0.2, 0.25) is 18.6 Å². The number of amides is 2. The maximum atomic E-state index is 12.9. The van der Waals surface area contributed by atoms with Crippen LogP contribution < -0.4 is 10.6 Å². The summed E-state index contributed by atoms with van der Waals surface area (Å²) in [7, 11) is -4.22. The Labute approximate surface area is 220 Å². The first-order valence-corrected chi connectivity index (χ1v) is 14.1.